The fraction of sp³-hybridized carbons (Fsp3) is 0.350. The number of nitrogens with one attached hydrogen (secondary N) is 1. The summed E-state index contributed by atoms with van der Waals surface area (Å²) in [5.41, 5.74) is 2.75. The lowest BCUT2D eigenvalue weighted by Crippen LogP contribution is -2.32. The number of benzene rings is 1. The molecule has 1 aromatic heterocycles. The first kappa shape index (κ1) is 17.3. The van der Waals surface area contributed by atoms with E-state index in [2.05, 4.69) is 5.32 Å². The summed E-state index contributed by atoms with van der Waals surface area (Å²) in [6.45, 7) is 2.90. The molecular formula is C20H21N3O4. The summed E-state index contributed by atoms with van der Waals surface area (Å²) in [6.07, 6.45) is 2.53. The minimum Gasteiger partial charge on any atom is -0.467 e. The molecule has 1 unspecified atom stereocenters. The summed E-state index contributed by atoms with van der Waals surface area (Å²) in [7, 11) is 0. The van der Waals surface area contributed by atoms with Crippen molar-refractivity contribution in [3.63, 3.8) is 0 Å². The van der Waals surface area contributed by atoms with Crippen molar-refractivity contribution < 1.29 is 18.8 Å². The largest absolute Gasteiger partial charge is 0.467 e. The molecule has 2 aliphatic rings. The molecule has 1 atom stereocenters. The first-order chi connectivity index (χ1) is 13.0. The molecule has 2 aromatic rings. The van der Waals surface area contributed by atoms with Crippen LogP contribution in [0.15, 0.2) is 41.0 Å². The molecule has 7 heteroatoms. The lowest BCUT2D eigenvalue weighted by molar-refractivity contribution is -0.126. The highest BCUT2D eigenvalue weighted by molar-refractivity contribution is 6.01. The van der Waals surface area contributed by atoms with Gasteiger partial charge >= 0.3 is 0 Å². The van der Waals surface area contributed by atoms with Gasteiger partial charge in [-0.05, 0) is 42.3 Å². The fourth-order valence-electron chi connectivity index (χ4n) is 3.75. The molecule has 4 rings (SSSR count). The second-order valence-corrected chi connectivity index (χ2v) is 6.94. The van der Waals surface area contributed by atoms with Crippen molar-refractivity contribution in [1.29, 1.82) is 0 Å². The number of rotatable bonds is 4. The molecule has 0 saturated carbocycles. The Morgan fingerprint density at radius 1 is 1.30 bits per heavy atom. The van der Waals surface area contributed by atoms with E-state index in [0.717, 1.165) is 23.4 Å². The Morgan fingerprint density at radius 3 is 2.89 bits per heavy atom. The molecule has 3 amide bonds. The Balaban J connectivity index is 1.43. The number of fused-ring (bicyclic) bond motifs is 1. The normalized spacial score (nSPS) is 18.7. The summed E-state index contributed by atoms with van der Waals surface area (Å²) in [4.78, 5) is 39.9. The number of carbonyl (C=O) groups is 3. The van der Waals surface area contributed by atoms with E-state index in [1.807, 2.05) is 18.2 Å². The van der Waals surface area contributed by atoms with Gasteiger partial charge in [-0.2, -0.15) is 0 Å². The van der Waals surface area contributed by atoms with E-state index in [1.165, 1.54) is 0 Å². The van der Waals surface area contributed by atoms with Gasteiger partial charge in [0.05, 0.1) is 18.7 Å². The molecule has 27 heavy (non-hydrogen) atoms. The van der Waals surface area contributed by atoms with Gasteiger partial charge in [0.1, 0.15) is 5.76 Å². The first-order valence-electron chi connectivity index (χ1n) is 9.04. The predicted molar refractivity (Wildman–Crippen MR) is 99.2 cm³/mol. The minimum atomic E-state index is -0.380. The maximum absolute atomic E-state index is 12.5. The van der Waals surface area contributed by atoms with Gasteiger partial charge in [0.15, 0.2) is 0 Å². The number of hydrogen-bond donors (Lipinski definition) is 1. The van der Waals surface area contributed by atoms with Crippen LogP contribution in [-0.2, 0) is 27.3 Å². The van der Waals surface area contributed by atoms with E-state index in [4.69, 9.17) is 4.42 Å². The smallest absolute Gasteiger partial charge is 0.227 e. The molecule has 1 saturated heterocycles. The van der Waals surface area contributed by atoms with Gasteiger partial charge in [0.25, 0.3) is 0 Å². The highest BCUT2D eigenvalue weighted by Gasteiger charge is 2.35. The SMILES string of the molecule is CC(=O)N1CCc2cc(N3CC(C(=O)NCc4ccco4)CC3=O)ccc21. The average Bonchev–Trinajstić information content (AvgIpc) is 3.38. The summed E-state index contributed by atoms with van der Waals surface area (Å²) in [5.74, 6) is 0.111. The van der Waals surface area contributed by atoms with Gasteiger partial charge < -0.3 is 19.5 Å². The van der Waals surface area contributed by atoms with Crippen LogP contribution in [0.3, 0.4) is 0 Å². The standard InChI is InChI=1S/C20H21N3O4/c1-13(24)22-7-6-14-9-16(4-5-18(14)22)23-12-15(10-19(23)25)20(26)21-11-17-3-2-8-27-17/h2-5,8-9,15H,6-7,10-12H2,1H3,(H,21,26). The second kappa shape index (κ2) is 6.90. The molecule has 7 nitrogen and oxygen atoms in total. The van der Waals surface area contributed by atoms with Gasteiger partial charge in [0, 0.05) is 37.8 Å². The van der Waals surface area contributed by atoms with Crippen LogP contribution < -0.4 is 15.1 Å². The Morgan fingerprint density at radius 2 is 2.15 bits per heavy atom. The third-order valence-corrected chi connectivity index (χ3v) is 5.16. The zero-order valence-electron chi connectivity index (χ0n) is 15.1. The molecule has 0 spiro atoms. The highest BCUT2D eigenvalue weighted by atomic mass is 16.3. The molecule has 0 radical (unpaired) electrons. The van der Waals surface area contributed by atoms with Crippen molar-refractivity contribution in [2.24, 2.45) is 5.92 Å². The van der Waals surface area contributed by atoms with Crippen molar-refractivity contribution in [2.75, 3.05) is 22.9 Å². The Labute approximate surface area is 156 Å². The molecule has 1 aromatic carbocycles. The first-order valence-corrected chi connectivity index (χ1v) is 9.04. The number of furan rings is 1. The zero-order valence-corrected chi connectivity index (χ0v) is 15.1. The van der Waals surface area contributed by atoms with E-state index in [0.29, 0.717) is 25.4 Å². The van der Waals surface area contributed by atoms with Crippen LogP contribution in [0.4, 0.5) is 11.4 Å². The molecule has 1 fully saturated rings. The van der Waals surface area contributed by atoms with Crippen molar-refractivity contribution in [3.8, 4) is 0 Å². The fourth-order valence-corrected chi connectivity index (χ4v) is 3.75. The van der Waals surface area contributed by atoms with Crippen molar-refractivity contribution >= 4 is 29.1 Å². The number of nitrogens with zero attached hydrogens (tertiary/aromatic N) is 2. The van der Waals surface area contributed by atoms with Crippen LogP contribution in [0.5, 0.6) is 0 Å². The molecule has 0 aliphatic carbocycles. The van der Waals surface area contributed by atoms with Gasteiger partial charge in [0.2, 0.25) is 17.7 Å². The lowest BCUT2D eigenvalue weighted by atomic mass is 10.1. The summed E-state index contributed by atoms with van der Waals surface area (Å²) in [6, 6.07) is 9.25. The lowest BCUT2D eigenvalue weighted by Gasteiger charge is -2.19. The van der Waals surface area contributed by atoms with E-state index >= 15 is 0 Å². The highest BCUT2D eigenvalue weighted by Crippen LogP contribution is 2.34. The van der Waals surface area contributed by atoms with Gasteiger partial charge in [-0.15, -0.1) is 0 Å². The topological polar surface area (TPSA) is 82.9 Å². The Bertz CT molecular complexity index is 891. The van der Waals surface area contributed by atoms with E-state index in [9.17, 15) is 14.4 Å². The summed E-state index contributed by atoms with van der Waals surface area (Å²) >= 11 is 0. The molecule has 3 heterocycles. The van der Waals surface area contributed by atoms with Crippen LogP contribution >= 0.6 is 0 Å². The number of carbonyl (C=O) groups excluding carboxylic acids is 3. The van der Waals surface area contributed by atoms with Crippen LogP contribution in [0, 0.1) is 5.92 Å². The Hall–Kier alpha value is -3.09. The van der Waals surface area contributed by atoms with Crippen molar-refractivity contribution in [2.45, 2.75) is 26.3 Å². The summed E-state index contributed by atoms with van der Waals surface area (Å²) in [5, 5.41) is 2.82. The maximum atomic E-state index is 12.5. The third-order valence-electron chi connectivity index (χ3n) is 5.16. The maximum Gasteiger partial charge on any atom is 0.227 e. The molecule has 140 valence electrons. The summed E-state index contributed by atoms with van der Waals surface area (Å²) < 4.78 is 5.21. The van der Waals surface area contributed by atoms with Crippen molar-refractivity contribution in [3.05, 3.63) is 47.9 Å². The number of anilines is 2. The van der Waals surface area contributed by atoms with E-state index in [1.54, 1.807) is 35.1 Å². The Kier molecular flexibility index (Phi) is 4.43. The zero-order chi connectivity index (χ0) is 19.0. The average molecular weight is 367 g/mol. The quantitative estimate of drug-likeness (QED) is 0.894. The second-order valence-electron chi connectivity index (χ2n) is 6.94. The monoisotopic (exact) mass is 367 g/mol. The number of amides is 3. The molecule has 1 N–H and O–H groups in total. The van der Waals surface area contributed by atoms with Crippen LogP contribution in [0.2, 0.25) is 0 Å². The van der Waals surface area contributed by atoms with Gasteiger partial charge in [-0.3, -0.25) is 14.4 Å². The molecule has 2 aliphatic heterocycles. The number of hydrogen-bond acceptors (Lipinski definition) is 4. The van der Waals surface area contributed by atoms with E-state index in [-0.39, 0.29) is 30.1 Å². The van der Waals surface area contributed by atoms with Crippen molar-refractivity contribution in [1.82, 2.24) is 5.32 Å². The van der Waals surface area contributed by atoms with Crippen LogP contribution in [0.1, 0.15) is 24.7 Å². The van der Waals surface area contributed by atoms with Crippen LogP contribution in [-0.4, -0.2) is 30.8 Å². The van der Waals surface area contributed by atoms with Gasteiger partial charge in [-0.1, -0.05) is 0 Å². The molecular weight excluding hydrogens is 346 g/mol. The molecule has 0 bridgehead atoms. The van der Waals surface area contributed by atoms with E-state index < -0.39 is 0 Å². The predicted octanol–water partition coefficient (Wildman–Crippen LogP) is 1.86. The minimum absolute atomic E-state index is 0.0204. The van der Waals surface area contributed by atoms with Gasteiger partial charge in [-0.25, -0.2) is 0 Å². The van der Waals surface area contributed by atoms with Crippen LogP contribution in [0.25, 0.3) is 0 Å². The third kappa shape index (κ3) is 3.32.